The van der Waals surface area contributed by atoms with E-state index in [1.165, 1.54) is 0 Å². The first-order chi connectivity index (χ1) is 10.7. The van der Waals surface area contributed by atoms with Crippen LogP contribution >= 0.6 is 0 Å². The van der Waals surface area contributed by atoms with Crippen LogP contribution in [0.1, 0.15) is 25.0 Å². The van der Waals surface area contributed by atoms with Crippen LogP contribution in [0.25, 0.3) is 0 Å². The van der Waals surface area contributed by atoms with Crippen molar-refractivity contribution in [2.75, 3.05) is 19.7 Å². The van der Waals surface area contributed by atoms with Crippen molar-refractivity contribution in [3.63, 3.8) is 0 Å². The first kappa shape index (κ1) is 15.0. The summed E-state index contributed by atoms with van der Waals surface area (Å²) < 4.78 is 5.49. The van der Waals surface area contributed by atoms with E-state index in [0.717, 1.165) is 25.1 Å². The predicted octanol–water partition coefficient (Wildman–Crippen LogP) is 0.725. The van der Waals surface area contributed by atoms with Gasteiger partial charge in [-0.3, -0.25) is 14.6 Å². The zero-order valence-corrected chi connectivity index (χ0v) is 12.5. The Bertz CT molecular complexity index is 529. The average molecular weight is 303 g/mol. The van der Waals surface area contributed by atoms with Crippen LogP contribution in [0.5, 0.6) is 0 Å². The van der Waals surface area contributed by atoms with Gasteiger partial charge in [-0.05, 0) is 25.0 Å². The minimum Gasteiger partial charge on any atom is -0.376 e. The molecule has 2 aliphatic rings. The van der Waals surface area contributed by atoms with Gasteiger partial charge in [-0.1, -0.05) is 6.07 Å². The largest absolute Gasteiger partial charge is 0.376 e. The molecule has 0 aromatic carbocycles. The molecule has 2 aliphatic heterocycles. The summed E-state index contributed by atoms with van der Waals surface area (Å²) in [7, 11) is 0. The summed E-state index contributed by atoms with van der Waals surface area (Å²) in [5.41, 5.74) is 0.844. The molecule has 3 rings (SSSR count). The Morgan fingerprint density at radius 3 is 3.09 bits per heavy atom. The van der Waals surface area contributed by atoms with E-state index in [2.05, 4.69) is 10.3 Å². The fraction of sp³-hybridized carbons (Fsp3) is 0.562. The number of pyridine rings is 1. The summed E-state index contributed by atoms with van der Waals surface area (Å²) in [6.07, 6.45) is 4.17. The van der Waals surface area contributed by atoms with Gasteiger partial charge in [-0.15, -0.1) is 0 Å². The van der Waals surface area contributed by atoms with E-state index >= 15 is 0 Å². The third kappa shape index (κ3) is 3.62. The molecule has 1 aromatic heterocycles. The lowest BCUT2D eigenvalue weighted by molar-refractivity contribution is -0.129. The lowest BCUT2D eigenvalue weighted by Crippen LogP contribution is -2.37. The van der Waals surface area contributed by atoms with E-state index in [9.17, 15) is 9.59 Å². The summed E-state index contributed by atoms with van der Waals surface area (Å²) in [6, 6.07) is 5.63. The lowest BCUT2D eigenvalue weighted by atomic mass is 10.1. The van der Waals surface area contributed by atoms with Gasteiger partial charge in [0.25, 0.3) is 0 Å². The van der Waals surface area contributed by atoms with Crippen molar-refractivity contribution in [2.45, 2.75) is 31.9 Å². The average Bonchev–Trinajstić information content (AvgIpc) is 3.16. The van der Waals surface area contributed by atoms with E-state index < -0.39 is 0 Å². The van der Waals surface area contributed by atoms with E-state index in [1.54, 1.807) is 11.1 Å². The number of carbonyl (C=O) groups is 2. The van der Waals surface area contributed by atoms with Gasteiger partial charge in [0.05, 0.1) is 24.3 Å². The maximum Gasteiger partial charge on any atom is 0.225 e. The fourth-order valence-corrected chi connectivity index (χ4v) is 2.95. The van der Waals surface area contributed by atoms with E-state index in [-0.39, 0.29) is 30.3 Å². The number of ether oxygens (including phenoxy) is 1. The SMILES string of the molecule is O=C(NC[C@@H]1CCCO1)[C@H]1CC(=O)N(Cc2ccccn2)C1. The molecule has 2 fully saturated rings. The third-order valence-electron chi connectivity index (χ3n) is 4.19. The molecule has 2 saturated heterocycles. The van der Waals surface area contributed by atoms with Crippen LogP contribution in [0, 0.1) is 5.92 Å². The standard InChI is InChI=1S/C16H21N3O3/c20-15-8-12(16(21)18-9-14-5-3-7-22-14)10-19(15)11-13-4-1-2-6-17-13/h1-2,4,6,12,14H,3,5,7-11H2,(H,18,21)/t12-,14-/m0/s1. The highest BCUT2D eigenvalue weighted by atomic mass is 16.5. The fourth-order valence-electron chi connectivity index (χ4n) is 2.95. The van der Waals surface area contributed by atoms with Crippen LogP contribution in [0.4, 0.5) is 0 Å². The second-order valence-corrected chi connectivity index (χ2v) is 5.88. The second kappa shape index (κ2) is 6.87. The van der Waals surface area contributed by atoms with E-state index in [4.69, 9.17) is 4.74 Å². The molecule has 118 valence electrons. The Morgan fingerprint density at radius 1 is 1.45 bits per heavy atom. The summed E-state index contributed by atoms with van der Waals surface area (Å²) in [4.78, 5) is 30.2. The van der Waals surface area contributed by atoms with Gasteiger partial charge < -0.3 is 15.0 Å². The van der Waals surface area contributed by atoms with Crippen LogP contribution in [-0.2, 0) is 20.9 Å². The van der Waals surface area contributed by atoms with Gasteiger partial charge >= 0.3 is 0 Å². The van der Waals surface area contributed by atoms with Gasteiger partial charge in [0.15, 0.2) is 0 Å². The van der Waals surface area contributed by atoms with Crippen molar-refractivity contribution in [1.29, 1.82) is 0 Å². The van der Waals surface area contributed by atoms with Gasteiger partial charge in [0.1, 0.15) is 0 Å². The highest BCUT2D eigenvalue weighted by Gasteiger charge is 2.34. The van der Waals surface area contributed by atoms with Crippen molar-refractivity contribution in [3.8, 4) is 0 Å². The van der Waals surface area contributed by atoms with E-state index in [1.807, 2.05) is 18.2 Å². The zero-order valence-electron chi connectivity index (χ0n) is 12.5. The Labute approximate surface area is 129 Å². The molecule has 6 heteroatoms. The number of hydrogen-bond acceptors (Lipinski definition) is 4. The van der Waals surface area contributed by atoms with Crippen LogP contribution < -0.4 is 5.32 Å². The monoisotopic (exact) mass is 303 g/mol. The van der Waals surface area contributed by atoms with Crippen molar-refractivity contribution in [2.24, 2.45) is 5.92 Å². The van der Waals surface area contributed by atoms with Gasteiger partial charge in [-0.2, -0.15) is 0 Å². The predicted molar refractivity (Wildman–Crippen MR) is 79.7 cm³/mol. The Balaban J connectivity index is 1.49. The van der Waals surface area contributed by atoms with Crippen molar-refractivity contribution >= 4 is 11.8 Å². The molecule has 0 aliphatic carbocycles. The third-order valence-corrected chi connectivity index (χ3v) is 4.19. The molecule has 6 nitrogen and oxygen atoms in total. The first-order valence-electron chi connectivity index (χ1n) is 7.79. The Morgan fingerprint density at radius 2 is 2.36 bits per heavy atom. The number of carbonyl (C=O) groups excluding carboxylic acids is 2. The van der Waals surface area contributed by atoms with Crippen molar-refractivity contribution < 1.29 is 14.3 Å². The summed E-state index contributed by atoms with van der Waals surface area (Å²) in [6.45, 7) is 2.26. The lowest BCUT2D eigenvalue weighted by Gasteiger charge is -2.16. The molecule has 22 heavy (non-hydrogen) atoms. The van der Waals surface area contributed by atoms with Crippen molar-refractivity contribution in [3.05, 3.63) is 30.1 Å². The van der Waals surface area contributed by atoms with E-state index in [0.29, 0.717) is 19.6 Å². The van der Waals surface area contributed by atoms with Crippen LogP contribution in [-0.4, -0.2) is 47.5 Å². The van der Waals surface area contributed by atoms with Crippen LogP contribution in [0.3, 0.4) is 0 Å². The molecule has 1 N–H and O–H groups in total. The second-order valence-electron chi connectivity index (χ2n) is 5.88. The molecule has 0 saturated carbocycles. The molecule has 3 heterocycles. The molecule has 0 bridgehead atoms. The Hall–Kier alpha value is -1.95. The zero-order chi connectivity index (χ0) is 15.4. The number of hydrogen-bond donors (Lipinski definition) is 1. The van der Waals surface area contributed by atoms with Crippen molar-refractivity contribution in [1.82, 2.24) is 15.2 Å². The molecular weight excluding hydrogens is 282 g/mol. The Kier molecular flexibility index (Phi) is 4.68. The van der Waals surface area contributed by atoms with Gasteiger partial charge in [0.2, 0.25) is 11.8 Å². The normalized spacial score (nSPS) is 24.7. The summed E-state index contributed by atoms with van der Waals surface area (Å²) in [5, 5.41) is 2.91. The topological polar surface area (TPSA) is 71.5 Å². The molecular formula is C16H21N3O3. The molecule has 2 amide bonds. The smallest absolute Gasteiger partial charge is 0.225 e. The van der Waals surface area contributed by atoms with Gasteiger partial charge in [-0.25, -0.2) is 0 Å². The highest BCUT2D eigenvalue weighted by molar-refractivity contribution is 5.89. The quantitative estimate of drug-likeness (QED) is 0.870. The van der Waals surface area contributed by atoms with Gasteiger partial charge in [0, 0.05) is 32.3 Å². The number of aromatic nitrogens is 1. The molecule has 1 aromatic rings. The number of nitrogens with zero attached hydrogens (tertiary/aromatic N) is 2. The summed E-state index contributed by atoms with van der Waals surface area (Å²) >= 11 is 0. The molecule has 0 spiro atoms. The number of amides is 2. The maximum atomic E-state index is 12.2. The molecule has 0 unspecified atom stereocenters. The van der Waals surface area contributed by atoms with Crippen LogP contribution in [0.2, 0.25) is 0 Å². The molecule has 2 atom stereocenters. The summed E-state index contributed by atoms with van der Waals surface area (Å²) in [5.74, 6) is -0.298. The number of likely N-dealkylation sites (tertiary alicyclic amines) is 1. The van der Waals surface area contributed by atoms with Crippen LogP contribution in [0.15, 0.2) is 24.4 Å². The first-order valence-corrected chi connectivity index (χ1v) is 7.79. The molecule has 0 radical (unpaired) electrons. The maximum absolute atomic E-state index is 12.2. The minimum atomic E-state index is -0.266. The minimum absolute atomic E-state index is 0.0166. The number of nitrogens with one attached hydrogen (secondary N) is 1. The highest BCUT2D eigenvalue weighted by Crippen LogP contribution is 2.20. The number of rotatable bonds is 5.